The molecule has 0 radical (unpaired) electrons. The van der Waals surface area contributed by atoms with Crippen molar-refractivity contribution >= 4 is 16.0 Å². The molecule has 0 bridgehead atoms. The average Bonchev–Trinajstić information content (AvgIpc) is 3.25. The molecule has 2 N–H and O–H groups in total. The molecule has 13 heteroatoms. The number of ether oxygens (including phenoxy) is 1. The van der Waals surface area contributed by atoms with Crippen LogP contribution in [0.4, 0.5) is 8.78 Å². The van der Waals surface area contributed by atoms with E-state index in [2.05, 4.69) is 14.6 Å². The first-order chi connectivity index (χ1) is 16.4. The van der Waals surface area contributed by atoms with Crippen molar-refractivity contribution in [1.82, 2.24) is 14.9 Å². The van der Waals surface area contributed by atoms with E-state index in [1.807, 2.05) is 5.10 Å². The zero-order valence-corrected chi connectivity index (χ0v) is 19.8. The molecule has 3 rings (SSSR count). The minimum Gasteiger partial charge on any atom is -0.465 e. The van der Waals surface area contributed by atoms with Crippen molar-refractivity contribution in [3.05, 3.63) is 80.2 Å². The van der Waals surface area contributed by atoms with Gasteiger partial charge in [-0.05, 0) is 48.7 Å². The Balaban J connectivity index is 2.18. The largest absolute Gasteiger partial charge is 0.465 e. The van der Waals surface area contributed by atoms with E-state index in [0.29, 0.717) is 17.7 Å². The summed E-state index contributed by atoms with van der Waals surface area (Å²) in [6.07, 6.45) is 0. The van der Waals surface area contributed by atoms with Crippen LogP contribution in [0.3, 0.4) is 0 Å². The number of H-pyrrole nitrogens is 1. The lowest BCUT2D eigenvalue weighted by atomic mass is 9.88. The maximum absolute atomic E-state index is 14.8. The molecule has 0 aliphatic heterocycles. The van der Waals surface area contributed by atoms with Crippen molar-refractivity contribution in [3.8, 4) is 6.07 Å². The first kappa shape index (κ1) is 25.7. The summed E-state index contributed by atoms with van der Waals surface area (Å²) in [5, 5.41) is 15.1. The fourth-order valence-corrected chi connectivity index (χ4v) is 5.06. The lowest BCUT2D eigenvalue weighted by Gasteiger charge is -2.25. The van der Waals surface area contributed by atoms with Crippen LogP contribution in [-0.4, -0.2) is 31.7 Å². The Kier molecular flexibility index (Phi) is 7.18. The summed E-state index contributed by atoms with van der Waals surface area (Å²) >= 11 is 0. The van der Waals surface area contributed by atoms with E-state index in [4.69, 9.17) is 4.42 Å². The molecule has 1 aromatic heterocycles. The monoisotopic (exact) mass is 506 g/mol. The van der Waals surface area contributed by atoms with Crippen LogP contribution in [0.1, 0.15) is 57.4 Å². The number of hydrogen-bond acceptors (Lipinski definition) is 8. The molecular weight excluding hydrogens is 486 g/mol. The quantitative estimate of drug-likeness (QED) is 0.464. The number of halogens is 2. The number of hydrogen-bond donors (Lipinski definition) is 2. The number of rotatable bonds is 7. The highest BCUT2D eigenvalue weighted by molar-refractivity contribution is 7.89. The number of sulfonamides is 1. The Hall–Kier alpha value is -3.89. The smallest absolute Gasteiger partial charge is 0.434 e. The van der Waals surface area contributed by atoms with Gasteiger partial charge in [0.05, 0.1) is 18.2 Å². The van der Waals surface area contributed by atoms with Crippen LogP contribution in [0, 0.1) is 36.8 Å². The predicted octanol–water partition coefficient (Wildman–Crippen LogP) is 2.74. The van der Waals surface area contributed by atoms with Gasteiger partial charge in [-0.15, -0.1) is 5.10 Å². The van der Waals surface area contributed by atoms with E-state index in [0.717, 1.165) is 12.7 Å². The van der Waals surface area contributed by atoms with E-state index >= 15 is 0 Å². The van der Waals surface area contributed by atoms with Crippen LogP contribution in [0.5, 0.6) is 0 Å². The first-order valence-electron chi connectivity index (χ1n) is 10.1. The van der Waals surface area contributed by atoms with Crippen molar-refractivity contribution in [3.63, 3.8) is 0 Å². The van der Waals surface area contributed by atoms with Crippen molar-refractivity contribution in [2.24, 2.45) is 0 Å². The Morgan fingerprint density at radius 2 is 1.94 bits per heavy atom. The minimum atomic E-state index is -4.70. The number of carbonyl (C=O) groups excluding carboxylic acids is 1. The molecule has 0 saturated heterocycles. The SMILES string of the molecule is COC(=O)c1cc(S(=O)(=O)N[C@H](c2n[nH]c(=O)o2)[C@H](C)c2c(F)ccc(C)c2C)c(C#N)cc1F. The van der Waals surface area contributed by atoms with E-state index in [-0.39, 0.29) is 5.56 Å². The Morgan fingerprint density at radius 1 is 1.26 bits per heavy atom. The molecule has 184 valence electrons. The molecule has 1 heterocycles. The molecule has 0 aliphatic carbocycles. The lowest BCUT2D eigenvalue weighted by molar-refractivity contribution is 0.0595. The average molecular weight is 506 g/mol. The summed E-state index contributed by atoms with van der Waals surface area (Å²) in [5.74, 6) is -5.31. The van der Waals surface area contributed by atoms with E-state index in [1.54, 1.807) is 26.0 Å². The molecular formula is C22H20F2N4O6S. The van der Waals surface area contributed by atoms with Gasteiger partial charge in [0.25, 0.3) is 0 Å². The van der Waals surface area contributed by atoms with Crippen LogP contribution >= 0.6 is 0 Å². The molecule has 3 aromatic rings. The number of carbonyl (C=O) groups is 1. The van der Waals surface area contributed by atoms with Crippen LogP contribution in [-0.2, 0) is 14.8 Å². The number of nitrogens with zero attached hydrogens (tertiary/aromatic N) is 2. The van der Waals surface area contributed by atoms with Crippen LogP contribution in [0.2, 0.25) is 0 Å². The third-order valence-electron chi connectivity index (χ3n) is 5.58. The maximum atomic E-state index is 14.8. The van der Waals surface area contributed by atoms with Crippen molar-refractivity contribution in [2.75, 3.05) is 7.11 Å². The van der Waals surface area contributed by atoms with Gasteiger partial charge < -0.3 is 9.15 Å². The van der Waals surface area contributed by atoms with Gasteiger partial charge in [-0.3, -0.25) is 0 Å². The number of benzene rings is 2. The number of esters is 1. The summed E-state index contributed by atoms with van der Waals surface area (Å²) in [6, 6.07) is 4.14. The molecule has 0 unspecified atom stereocenters. The van der Waals surface area contributed by atoms with Crippen molar-refractivity contribution in [2.45, 2.75) is 37.6 Å². The fourth-order valence-electron chi connectivity index (χ4n) is 3.63. The van der Waals surface area contributed by atoms with Crippen molar-refractivity contribution in [1.29, 1.82) is 5.26 Å². The van der Waals surface area contributed by atoms with Gasteiger partial charge in [0.15, 0.2) is 0 Å². The highest BCUT2D eigenvalue weighted by atomic mass is 32.2. The summed E-state index contributed by atoms with van der Waals surface area (Å²) in [6.45, 7) is 4.88. The van der Waals surface area contributed by atoms with E-state index < -0.39 is 67.3 Å². The molecule has 0 amide bonds. The zero-order valence-electron chi connectivity index (χ0n) is 19.0. The lowest BCUT2D eigenvalue weighted by Crippen LogP contribution is -2.33. The van der Waals surface area contributed by atoms with Gasteiger partial charge in [0.1, 0.15) is 28.6 Å². The molecule has 2 atom stereocenters. The van der Waals surface area contributed by atoms with Crippen LogP contribution in [0.25, 0.3) is 0 Å². The number of aryl methyl sites for hydroxylation is 1. The topological polar surface area (TPSA) is 155 Å². The number of aromatic nitrogens is 2. The molecule has 35 heavy (non-hydrogen) atoms. The first-order valence-corrected chi connectivity index (χ1v) is 11.5. The zero-order chi connectivity index (χ0) is 26.1. The number of nitriles is 1. The summed E-state index contributed by atoms with van der Waals surface area (Å²) in [7, 11) is -3.72. The second-order valence-electron chi connectivity index (χ2n) is 7.67. The second-order valence-corrected chi connectivity index (χ2v) is 9.36. The Bertz CT molecular complexity index is 1510. The molecule has 0 aliphatic rings. The molecule has 0 saturated carbocycles. The van der Waals surface area contributed by atoms with Crippen LogP contribution in [0.15, 0.2) is 38.4 Å². The minimum absolute atomic E-state index is 0.137. The third kappa shape index (κ3) is 4.98. The Labute approximate surface area is 198 Å². The maximum Gasteiger partial charge on any atom is 0.434 e. The fraction of sp³-hybridized carbons (Fsp3) is 0.273. The molecule has 10 nitrogen and oxygen atoms in total. The molecule has 2 aromatic carbocycles. The van der Waals surface area contributed by atoms with Gasteiger partial charge in [-0.25, -0.2) is 31.9 Å². The predicted molar refractivity (Wildman–Crippen MR) is 117 cm³/mol. The third-order valence-corrected chi connectivity index (χ3v) is 7.06. The van der Waals surface area contributed by atoms with Gasteiger partial charge in [0, 0.05) is 5.92 Å². The Morgan fingerprint density at radius 3 is 2.51 bits per heavy atom. The number of nitrogens with one attached hydrogen (secondary N) is 2. The normalized spacial score (nSPS) is 13.2. The van der Waals surface area contributed by atoms with E-state index in [1.165, 1.54) is 13.0 Å². The van der Waals surface area contributed by atoms with Crippen molar-refractivity contribution < 1.29 is 31.1 Å². The van der Waals surface area contributed by atoms with E-state index in [9.17, 15) is 32.0 Å². The highest BCUT2D eigenvalue weighted by Crippen LogP contribution is 2.35. The summed E-state index contributed by atoms with van der Waals surface area (Å²) < 4.78 is 67.5. The summed E-state index contributed by atoms with van der Waals surface area (Å²) in [5.41, 5.74) is 0.0791. The summed E-state index contributed by atoms with van der Waals surface area (Å²) in [4.78, 5) is 22.8. The van der Waals surface area contributed by atoms with Gasteiger partial charge in [0.2, 0.25) is 15.9 Å². The number of methoxy groups -OCH3 is 1. The van der Waals surface area contributed by atoms with Crippen LogP contribution < -0.4 is 10.5 Å². The second kappa shape index (κ2) is 9.77. The van der Waals surface area contributed by atoms with Gasteiger partial charge in [-0.2, -0.15) is 9.98 Å². The standard InChI is InChI=1S/C22H20F2N4O6S/c1-10-5-6-15(23)18(11(10)2)12(3)19(20-26-27-22(30)34-20)28-35(31,32)17-8-14(21(29)33-4)16(24)7-13(17)9-25/h5-8,12,19,28H,1-4H3,(H,27,30)/t12-,19+/m1/s1. The number of aromatic amines is 1. The molecule has 0 spiro atoms. The van der Waals surface area contributed by atoms with Gasteiger partial charge >= 0.3 is 11.7 Å². The van der Waals surface area contributed by atoms with Gasteiger partial charge in [-0.1, -0.05) is 13.0 Å². The molecule has 0 fully saturated rings. The highest BCUT2D eigenvalue weighted by Gasteiger charge is 2.35.